The highest BCUT2D eigenvalue weighted by Crippen LogP contribution is 2.23. The minimum atomic E-state index is -0.801. The normalized spacial score (nSPS) is 11.9. The van der Waals surface area contributed by atoms with E-state index in [2.05, 4.69) is 11.9 Å². The molecule has 0 radical (unpaired) electrons. The molecule has 28 heavy (non-hydrogen) atoms. The maximum absolute atomic E-state index is 10.8. The van der Waals surface area contributed by atoms with Crippen LogP contribution in [-0.2, 0) is 11.4 Å². The lowest BCUT2D eigenvalue weighted by Gasteiger charge is -2.18. The minimum absolute atomic E-state index is 0.106. The van der Waals surface area contributed by atoms with E-state index in [1.807, 2.05) is 60.7 Å². The van der Waals surface area contributed by atoms with Crippen LogP contribution in [-0.4, -0.2) is 22.2 Å². The van der Waals surface area contributed by atoms with Crippen LogP contribution in [0.4, 0.5) is 0 Å². The van der Waals surface area contributed by atoms with Crippen molar-refractivity contribution in [1.82, 2.24) is 4.98 Å². The summed E-state index contributed by atoms with van der Waals surface area (Å²) in [6.07, 6.45) is 2.25. The van der Waals surface area contributed by atoms with Crippen LogP contribution in [0.2, 0.25) is 0 Å². The Bertz CT molecular complexity index is 925. The van der Waals surface area contributed by atoms with E-state index in [4.69, 9.17) is 14.6 Å². The Morgan fingerprint density at radius 1 is 1.04 bits per heavy atom. The summed E-state index contributed by atoms with van der Waals surface area (Å²) in [5.41, 5.74) is 1.80. The molecule has 1 N–H and O–H groups in total. The van der Waals surface area contributed by atoms with Crippen LogP contribution in [0.15, 0.2) is 60.7 Å². The molecule has 0 bridgehead atoms. The number of benzene rings is 2. The summed E-state index contributed by atoms with van der Waals surface area (Å²) in [7, 11) is 0. The number of ether oxygens (including phenoxy) is 2. The fourth-order valence-corrected chi connectivity index (χ4v) is 3.04. The van der Waals surface area contributed by atoms with Crippen molar-refractivity contribution in [3.63, 3.8) is 0 Å². The molecule has 3 aromatic rings. The van der Waals surface area contributed by atoms with Gasteiger partial charge < -0.3 is 14.6 Å². The Balaban J connectivity index is 1.62. The number of aromatic nitrogens is 1. The number of aliphatic carboxylic acids is 1. The largest absolute Gasteiger partial charge is 0.490 e. The Morgan fingerprint density at radius 3 is 2.68 bits per heavy atom. The van der Waals surface area contributed by atoms with Crippen molar-refractivity contribution in [1.29, 1.82) is 0 Å². The predicted octanol–water partition coefficient (Wildman–Crippen LogP) is 5.23. The fourth-order valence-electron chi connectivity index (χ4n) is 3.04. The molecule has 1 heterocycles. The van der Waals surface area contributed by atoms with E-state index in [1.54, 1.807) is 0 Å². The van der Waals surface area contributed by atoms with Gasteiger partial charge in [-0.25, -0.2) is 4.98 Å². The van der Waals surface area contributed by atoms with Gasteiger partial charge in [-0.15, -0.1) is 0 Å². The van der Waals surface area contributed by atoms with Crippen LogP contribution >= 0.6 is 0 Å². The van der Waals surface area contributed by atoms with Gasteiger partial charge in [-0.05, 0) is 37.1 Å². The quantitative estimate of drug-likeness (QED) is 0.523. The Hall–Kier alpha value is -3.08. The van der Waals surface area contributed by atoms with Gasteiger partial charge >= 0.3 is 5.97 Å². The summed E-state index contributed by atoms with van der Waals surface area (Å²) in [4.78, 5) is 15.4. The molecule has 5 nitrogen and oxygen atoms in total. The third kappa shape index (κ3) is 5.71. The molecule has 0 amide bonds. The van der Waals surface area contributed by atoms with Crippen LogP contribution < -0.4 is 9.47 Å². The maximum Gasteiger partial charge on any atom is 0.303 e. The number of carboxylic acid groups (broad SMARTS) is 1. The second-order valence-corrected chi connectivity index (χ2v) is 6.72. The molecule has 0 fully saturated rings. The van der Waals surface area contributed by atoms with Crippen LogP contribution in [0.25, 0.3) is 10.9 Å². The Morgan fingerprint density at radius 2 is 1.86 bits per heavy atom. The molecule has 5 heteroatoms. The molecule has 3 rings (SSSR count). The minimum Gasteiger partial charge on any atom is -0.490 e. The lowest BCUT2D eigenvalue weighted by atomic mass is 10.1. The van der Waals surface area contributed by atoms with Crippen LogP contribution in [0.5, 0.6) is 11.5 Å². The van der Waals surface area contributed by atoms with Gasteiger partial charge in [-0.2, -0.15) is 0 Å². The molecule has 0 saturated heterocycles. The van der Waals surface area contributed by atoms with E-state index < -0.39 is 5.97 Å². The first kappa shape index (κ1) is 19.7. The van der Waals surface area contributed by atoms with Gasteiger partial charge in [0, 0.05) is 17.9 Å². The topological polar surface area (TPSA) is 68.7 Å². The number of para-hydroxylation sites is 1. The molecule has 0 aliphatic carbocycles. The number of nitrogens with zero attached hydrogens (tertiary/aromatic N) is 1. The lowest BCUT2D eigenvalue weighted by Crippen LogP contribution is -2.17. The zero-order valence-electron chi connectivity index (χ0n) is 16.0. The van der Waals surface area contributed by atoms with Crippen molar-refractivity contribution in [3.05, 3.63) is 66.4 Å². The average molecular weight is 379 g/mol. The van der Waals surface area contributed by atoms with Crippen molar-refractivity contribution in [2.45, 2.75) is 45.3 Å². The highest BCUT2D eigenvalue weighted by molar-refractivity contribution is 5.78. The Kier molecular flexibility index (Phi) is 6.84. The summed E-state index contributed by atoms with van der Waals surface area (Å²) >= 11 is 0. The number of carboxylic acids is 1. The van der Waals surface area contributed by atoms with Crippen LogP contribution in [0.1, 0.15) is 38.3 Å². The molecule has 1 atom stereocenters. The van der Waals surface area contributed by atoms with Crippen molar-refractivity contribution in [2.24, 2.45) is 0 Å². The lowest BCUT2D eigenvalue weighted by molar-refractivity contribution is -0.137. The number of pyridine rings is 1. The van der Waals surface area contributed by atoms with E-state index in [1.165, 1.54) is 0 Å². The third-order valence-corrected chi connectivity index (χ3v) is 4.44. The number of carbonyl (C=O) groups is 1. The number of hydrogen-bond acceptors (Lipinski definition) is 4. The summed E-state index contributed by atoms with van der Waals surface area (Å²) < 4.78 is 11.9. The van der Waals surface area contributed by atoms with Crippen molar-refractivity contribution in [2.75, 3.05) is 0 Å². The van der Waals surface area contributed by atoms with E-state index in [-0.39, 0.29) is 12.5 Å². The Labute approximate surface area is 164 Å². The zero-order valence-corrected chi connectivity index (χ0v) is 16.0. The summed E-state index contributed by atoms with van der Waals surface area (Å²) in [6, 6.07) is 19.4. The first-order valence-corrected chi connectivity index (χ1v) is 9.60. The van der Waals surface area contributed by atoms with Crippen molar-refractivity contribution < 1.29 is 19.4 Å². The van der Waals surface area contributed by atoms with Crippen molar-refractivity contribution in [3.8, 4) is 11.5 Å². The van der Waals surface area contributed by atoms with Gasteiger partial charge in [0.1, 0.15) is 18.1 Å². The van der Waals surface area contributed by atoms with Gasteiger partial charge in [-0.1, -0.05) is 43.7 Å². The molecule has 1 aromatic heterocycles. The molecule has 0 aliphatic heterocycles. The second-order valence-electron chi connectivity index (χ2n) is 6.72. The molecule has 0 spiro atoms. The van der Waals surface area contributed by atoms with Gasteiger partial charge in [0.2, 0.25) is 0 Å². The highest BCUT2D eigenvalue weighted by Gasteiger charge is 2.12. The van der Waals surface area contributed by atoms with Gasteiger partial charge in [-0.3, -0.25) is 4.79 Å². The smallest absolute Gasteiger partial charge is 0.303 e. The highest BCUT2D eigenvalue weighted by atomic mass is 16.5. The van der Waals surface area contributed by atoms with E-state index in [9.17, 15) is 4.79 Å². The molecule has 1 unspecified atom stereocenters. The maximum atomic E-state index is 10.8. The molecule has 0 aliphatic rings. The molecule has 2 aromatic carbocycles. The van der Waals surface area contributed by atoms with Gasteiger partial charge in [0.25, 0.3) is 0 Å². The zero-order chi connectivity index (χ0) is 19.8. The molecular formula is C23H25NO4. The fraction of sp³-hybridized carbons (Fsp3) is 0.304. The molecule has 146 valence electrons. The summed E-state index contributed by atoms with van der Waals surface area (Å²) in [5.74, 6) is 0.582. The van der Waals surface area contributed by atoms with Gasteiger partial charge in [0.15, 0.2) is 0 Å². The average Bonchev–Trinajstić information content (AvgIpc) is 2.71. The SMILES string of the molecule is CCCC(CCC(=O)O)Oc1cccc(OCc2ccc3ccccc3n2)c1. The summed E-state index contributed by atoms with van der Waals surface area (Å²) in [5, 5.41) is 10.0. The van der Waals surface area contributed by atoms with Crippen molar-refractivity contribution >= 4 is 16.9 Å². The third-order valence-electron chi connectivity index (χ3n) is 4.44. The monoisotopic (exact) mass is 379 g/mol. The molecular weight excluding hydrogens is 354 g/mol. The molecule has 0 saturated carbocycles. The number of hydrogen-bond donors (Lipinski definition) is 1. The van der Waals surface area contributed by atoms with Gasteiger partial charge in [0.05, 0.1) is 17.3 Å². The van der Waals surface area contributed by atoms with E-state index in [0.29, 0.717) is 24.5 Å². The van der Waals surface area contributed by atoms with E-state index >= 15 is 0 Å². The van der Waals surface area contributed by atoms with E-state index in [0.717, 1.165) is 29.4 Å². The number of fused-ring (bicyclic) bond motifs is 1. The first-order valence-electron chi connectivity index (χ1n) is 9.60. The second kappa shape index (κ2) is 9.74. The predicted molar refractivity (Wildman–Crippen MR) is 109 cm³/mol. The number of rotatable bonds is 10. The summed E-state index contributed by atoms with van der Waals surface area (Å²) in [6.45, 7) is 2.43. The van der Waals surface area contributed by atoms with Crippen LogP contribution in [0, 0.1) is 0 Å². The first-order chi connectivity index (χ1) is 13.6. The standard InChI is InChI=1S/C23H25NO4/c1-2-6-19(13-14-23(25)26)28-21-9-5-8-20(15-21)27-16-18-12-11-17-7-3-4-10-22(17)24-18/h3-5,7-12,15,19H,2,6,13-14,16H2,1H3,(H,25,26). The van der Waals surface area contributed by atoms with Crippen LogP contribution in [0.3, 0.4) is 0 Å².